The molecule has 1 aromatic carbocycles. The van der Waals surface area contributed by atoms with Crippen LogP contribution in [0.2, 0.25) is 0 Å². The number of aromatic nitrogens is 6. The molecule has 7 heteroatoms. The molecule has 0 spiro atoms. The molecule has 0 bridgehead atoms. The monoisotopic (exact) mass is 266 g/mol. The summed E-state index contributed by atoms with van der Waals surface area (Å²) >= 11 is 0. The highest BCUT2D eigenvalue weighted by Crippen LogP contribution is 2.22. The predicted octanol–water partition coefficient (Wildman–Crippen LogP) is 1.71. The second-order valence-electron chi connectivity index (χ2n) is 4.51. The minimum Gasteiger partial charge on any atom is -0.479 e. The number of aromatic hydroxyl groups is 1. The first kappa shape index (κ1) is 10.9. The molecule has 0 atom stereocenters. The molecule has 3 aromatic heterocycles. The maximum Gasteiger partial charge on any atom is 0.315 e. The molecule has 20 heavy (non-hydrogen) atoms. The van der Waals surface area contributed by atoms with Crippen LogP contribution in [-0.2, 0) is 0 Å². The fraction of sp³-hybridized carbons (Fsp3) is 0.0769. The maximum atomic E-state index is 9.33. The van der Waals surface area contributed by atoms with Crippen LogP contribution in [0.15, 0.2) is 30.7 Å². The summed E-state index contributed by atoms with van der Waals surface area (Å²) in [7, 11) is 0. The zero-order chi connectivity index (χ0) is 13.7. The number of hydrogen-bond acceptors (Lipinski definition) is 5. The van der Waals surface area contributed by atoms with Gasteiger partial charge in [0.2, 0.25) is 0 Å². The molecular weight excluding hydrogens is 256 g/mol. The molecule has 0 saturated carbocycles. The fourth-order valence-corrected chi connectivity index (χ4v) is 2.29. The SMILES string of the molecule is Cc1c2cnc(O)nc2nn1-c1ccc2nc[nH]c2c1. The minimum atomic E-state index is -0.272. The van der Waals surface area contributed by atoms with Crippen LogP contribution in [0.4, 0.5) is 0 Å². The highest BCUT2D eigenvalue weighted by atomic mass is 16.3. The number of benzene rings is 1. The molecule has 4 aromatic rings. The third-order valence-corrected chi connectivity index (χ3v) is 3.31. The van der Waals surface area contributed by atoms with Gasteiger partial charge in [-0.2, -0.15) is 4.98 Å². The van der Waals surface area contributed by atoms with Gasteiger partial charge in [-0.1, -0.05) is 0 Å². The van der Waals surface area contributed by atoms with Gasteiger partial charge in [0.05, 0.1) is 34.1 Å². The second kappa shape index (κ2) is 3.77. The van der Waals surface area contributed by atoms with E-state index in [4.69, 9.17) is 0 Å². The van der Waals surface area contributed by atoms with E-state index in [9.17, 15) is 5.11 Å². The summed E-state index contributed by atoms with van der Waals surface area (Å²) in [5, 5.41) is 14.5. The number of H-pyrrole nitrogens is 1. The van der Waals surface area contributed by atoms with Crippen molar-refractivity contribution in [3.8, 4) is 11.7 Å². The van der Waals surface area contributed by atoms with Crippen molar-refractivity contribution < 1.29 is 5.11 Å². The molecular formula is C13H10N6O. The Labute approximate surface area is 112 Å². The predicted molar refractivity (Wildman–Crippen MR) is 72.7 cm³/mol. The highest BCUT2D eigenvalue weighted by Gasteiger charge is 2.12. The number of fused-ring (bicyclic) bond motifs is 2. The van der Waals surface area contributed by atoms with E-state index < -0.39 is 0 Å². The Kier molecular flexibility index (Phi) is 2.06. The summed E-state index contributed by atoms with van der Waals surface area (Å²) in [6, 6.07) is 5.56. The van der Waals surface area contributed by atoms with Gasteiger partial charge in [-0.05, 0) is 25.1 Å². The van der Waals surface area contributed by atoms with E-state index in [0.717, 1.165) is 27.8 Å². The van der Waals surface area contributed by atoms with Crippen LogP contribution in [0.1, 0.15) is 5.69 Å². The quantitative estimate of drug-likeness (QED) is 0.547. The first-order chi connectivity index (χ1) is 9.72. The summed E-state index contributed by atoms with van der Waals surface area (Å²) in [6.45, 7) is 1.94. The van der Waals surface area contributed by atoms with Crippen LogP contribution in [0.5, 0.6) is 6.01 Å². The van der Waals surface area contributed by atoms with E-state index in [2.05, 4.69) is 25.0 Å². The molecule has 0 fully saturated rings. The summed E-state index contributed by atoms with van der Waals surface area (Å²) in [5.74, 6) is 0. The molecule has 0 saturated heterocycles. The van der Waals surface area contributed by atoms with Gasteiger partial charge in [0, 0.05) is 6.20 Å². The molecule has 0 unspecified atom stereocenters. The van der Waals surface area contributed by atoms with Crippen molar-refractivity contribution in [2.24, 2.45) is 0 Å². The molecule has 0 aliphatic heterocycles. The van der Waals surface area contributed by atoms with Crippen molar-refractivity contribution in [1.29, 1.82) is 0 Å². The molecule has 0 aliphatic carbocycles. The van der Waals surface area contributed by atoms with Crippen LogP contribution in [0, 0.1) is 6.92 Å². The van der Waals surface area contributed by atoms with Crippen molar-refractivity contribution in [3.63, 3.8) is 0 Å². The molecule has 4 rings (SSSR count). The van der Waals surface area contributed by atoms with Crippen molar-refractivity contribution >= 4 is 22.1 Å². The third kappa shape index (κ3) is 1.46. The standard InChI is InChI=1S/C13H10N6O/c1-7-9-5-14-13(20)17-12(9)18-19(7)8-2-3-10-11(4-8)16-6-15-10/h2-6H,1H3,(H,15,16)(H,17,18,20). The Bertz CT molecular complexity index is 938. The van der Waals surface area contributed by atoms with Gasteiger partial charge < -0.3 is 10.1 Å². The van der Waals surface area contributed by atoms with Crippen molar-refractivity contribution in [2.45, 2.75) is 6.92 Å². The van der Waals surface area contributed by atoms with Gasteiger partial charge in [-0.3, -0.25) is 0 Å². The Morgan fingerprint density at radius 3 is 3.05 bits per heavy atom. The van der Waals surface area contributed by atoms with Crippen molar-refractivity contribution in [1.82, 2.24) is 29.7 Å². The molecule has 3 heterocycles. The molecule has 0 radical (unpaired) electrons. The largest absolute Gasteiger partial charge is 0.479 e. The van der Waals surface area contributed by atoms with Gasteiger partial charge in [0.1, 0.15) is 0 Å². The van der Waals surface area contributed by atoms with Crippen LogP contribution in [0.25, 0.3) is 27.8 Å². The van der Waals surface area contributed by atoms with Crippen molar-refractivity contribution in [3.05, 3.63) is 36.4 Å². The molecule has 2 N–H and O–H groups in total. The number of rotatable bonds is 1. The summed E-state index contributed by atoms with van der Waals surface area (Å²) < 4.78 is 1.78. The Hall–Kier alpha value is -2.96. The number of hydrogen-bond donors (Lipinski definition) is 2. The average Bonchev–Trinajstić information content (AvgIpc) is 3.02. The maximum absolute atomic E-state index is 9.33. The van der Waals surface area contributed by atoms with Crippen LogP contribution in [-0.4, -0.2) is 34.8 Å². The number of imidazole rings is 1. The van der Waals surface area contributed by atoms with Crippen LogP contribution >= 0.6 is 0 Å². The Morgan fingerprint density at radius 1 is 1.25 bits per heavy atom. The normalized spacial score (nSPS) is 11.4. The van der Waals surface area contributed by atoms with Gasteiger partial charge in [-0.25, -0.2) is 14.6 Å². The number of nitrogens with one attached hydrogen (secondary N) is 1. The number of aryl methyl sites for hydroxylation is 1. The van der Waals surface area contributed by atoms with E-state index in [1.54, 1.807) is 17.2 Å². The average molecular weight is 266 g/mol. The van der Waals surface area contributed by atoms with Gasteiger partial charge in [0.15, 0.2) is 5.65 Å². The van der Waals surface area contributed by atoms with Gasteiger partial charge in [0.25, 0.3) is 0 Å². The molecule has 0 amide bonds. The first-order valence-corrected chi connectivity index (χ1v) is 6.07. The van der Waals surface area contributed by atoms with Crippen LogP contribution < -0.4 is 0 Å². The molecule has 7 nitrogen and oxygen atoms in total. The third-order valence-electron chi connectivity index (χ3n) is 3.31. The van der Waals surface area contributed by atoms with E-state index in [1.165, 1.54) is 0 Å². The fourth-order valence-electron chi connectivity index (χ4n) is 2.29. The van der Waals surface area contributed by atoms with Crippen LogP contribution in [0.3, 0.4) is 0 Å². The first-order valence-electron chi connectivity index (χ1n) is 6.07. The summed E-state index contributed by atoms with van der Waals surface area (Å²) in [5.41, 5.74) is 4.13. The lowest BCUT2D eigenvalue weighted by atomic mass is 10.2. The smallest absolute Gasteiger partial charge is 0.315 e. The summed E-state index contributed by atoms with van der Waals surface area (Å²) in [6.07, 6.45) is 3.23. The second-order valence-corrected chi connectivity index (χ2v) is 4.51. The molecule has 0 aliphatic rings. The van der Waals surface area contributed by atoms with Crippen molar-refractivity contribution in [2.75, 3.05) is 0 Å². The lowest BCUT2D eigenvalue weighted by Gasteiger charge is -2.03. The van der Waals surface area contributed by atoms with Gasteiger partial charge >= 0.3 is 6.01 Å². The Balaban J connectivity index is 1.98. The van der Waals surface area contributed by atoms with E-state index in [-0.39, 0.29) is 6.01 Å². The number of aromatic amines is 1. The highest BCUT2D eigenvalue weighted by molar-refractivity contribution is 5.80. The zero-order valence-electron chi connectivity index (χ0n) is 10.6. The lowest BCUT2D eigenvalue weighted by molar-refractivity contribution is 0.432. The molecule has 98 valence electrons. The number of nitrogens with zero attached hydrogens (tertiary/aromatic N) is 5. The lowest BCUT2D eigenvalue weighted by Crippen LogP contribution is -1.98. The topological polar surface area (TPSA) is 92.5 Å². The summed E-state index contributed by atoms with van der Waals surface area (Å²) in [4.78, 5) is 15.0. The van der Waals surface area contributed by atoms with E-state index in [0.29, 0.717) is 5.65 Å². The zero-order valence-corrected chi connectivity index (χ0v) is 10.6. The Morgan fingerprint density at radius 2 is 2.15 bits per heavy atom. The van der Waals surface area contributed by atoms with E-state index in [1.807, 2.05) is 25.1 Å². The minimum absolute atomic E-state index is 0.272. The van der Waals surface area contributed by atoms with Gasteiger partial charge in [-0.15, -0.1) is 5.10 Å². The van der Waals surface area contributed by atoms with E-state index >= 15 is 0 Å².